The second-order valence-corrected chi connectivity index (χ2v) is 10.8. The maximum absolute atomic E-state index is 13.1. The summed E-state index contributed by atoms with van der Waals surface area (Å²) >= 11 is 0. The third-order valence-electron chi connectivity index (χ3n) is 8.08. The molecular formula is C29H42N6O3. The Labute approximate surface area is 226 Å². The van der Waals surface area contributed by atoms with Gasteiger partial charge in [-0.2, -0.15) is 0 Å². The fourth-order valence-corrected chi connectivity index (χ4v) is 6.21. The molecule has 0 radical (unpaired) electrons. The molecule has 206 valence electrons. The van der Waals surface area contributed by atoms with Gasteiger partial charge in [0.2, 0.25) is 11.9 Å². The van der Waals surface area contributed by atoms with Crippen LogP contribution in [0.2, 0.25) is 0 Å². The van der Waals surface area contributed by atoms with E-state index >= 15 is 0 Å². The number of methoxy groups -OCH3 is 1. The van der Waals surface area contributed by atoms with Gasteiger partial charge in [-0.05, 0) is 75.2 Å². The normalized spacial score (nSPS) is 24.9. The van der Waals surface area contributed by atoms with Gasteiger partial charge in [0.15, 0.2) is 11.5 Å². The lowest BCUT2D eigenvalue weighted by Crippen LogP contribution is -2.41. The van der Waals surface area contributed by atoms with E-state index in [0.717, 1.165) is 68.9 Å². The van der Waals surface area contributed by atoms with Crippen LogP contribution in [0.25, 0.3) is 0 Å². The van der Waals surface area contributed by atoms with E-state index in [-0.39, 0.29) is 5.91 Å². The van der Waals surface area contributed by atoms with E-state index in [0.29, 0.717) is 43.6 Å². The predicted octanol–water partition coefficient (Wildman–Crippen LogP) is 3.62. The first-order valence-corrected chi connectivity index (χ1v) is 14.2. The molecule has 5 rings (SSSR count). The molecule has 4 bridgehead atoms. The van der Waals surface area contributed by atoms with E-state index in [1.54, 1.807) is 7.11 Å². The lowest BCUT2D eigenvalue weighted by molar-refractivity contribution is -0.122. The number of anilines is 1. The summed E-state index contributed by atoms with van der Waals surface area (Å²) in [5.74, 6) is 2.81. The summed E-state index contributed by atoms with van der Waals surface area (Å²) in [5, 5.41) is 6.50. The highest BCUT2D eigenvalue weighted by Crippen LogP contribution is 2.46. The number of ether oxygens (including phenoxy) is 2. The Morgan fingerprint density at radius 3 is 2.87 bits per heavy atom. The lowest BCUT2D eigenvalue weighted by Gasteiger charge is -2.25. The first-order valence-electron chi connectivity index (χ1n) is 14.2. The number of amides is 1. The summed E-state index contributed by atoms with van der Waals surface area (Å²) in [7, 11) is 1.70. The topological polar surface area (TPSA) is 91.8 Å². The van der Waals surface area contributed by atoms with E-state index in [1.807, 2.05) is 18.5 Å². The molecule has 4 heterocycles. The van der Waals surface area contributed by atoms with Crippen LogP contribution in [0.15, 0.2) is 30.6 Å². The minimum absolute atomic E-state index is 0.0928. The highest BCUT2D eigenvalue weighted by molar-refractivity contribution is 5.78. The number of carbonyl (C=O) groups is 1. The standard InChI is InChI=1S/C29H42N6O3/c1-3-10-30-29-32-16-21(17-33-29)19-34-11-4-5-13-38-27-15-22(8-9-26(27)37-2)25-14-23(18-31-28(36)20-34)24-7-6-12-35(24)25/h8-9,15-17,23-25H,3-7,10-14,18-20H2,1-2H3,(H,31,36)(H,30,32,33). The Balaban J connectivity index is 1.30. The van der Waals surface area contributed by atoms with Gasteiger partial charge in [-0.15, -0.1) is 0 Å². The molecule has 2 fully saturated rings. The highest BCUT2D eigenvalue weighted by Gasteiger charge is 2.44. The number of rotatable bonds is 6. The van der Waals surface area contributed by atoms with Crippen LogP contribution in [-0.4, -0.2) is 78.2 Å². The highest BCUT2D eigenvalue weighted by atomic mass is 16.5. The molecule has 38 heavy (non-hydrogen) atoms. The molecule has 9 nitrogen and oxygen atoms in total. The Hall–Kier alpha value is -2.91. The zero-order valence-corrected chi connectivity index (χ0v) is 22.8. The molecular weight excluding hydrogens is 480 g/mol. The number of benzene rings is 1. The van der Waals surface area contributed by atoms with Crippen molar-refractivity contribution in [3.63, 3.8) is 0 Å². The second kappa shape index (κ2) is 12.8. The van der Waals surface area contributed by atoms with E-state index in [9.17, 15) is 4.79 Å². The number of hydrogen-bond acceptors (Lipinski definition) is 8. The van der Waals surface area contributed by atoms with Gasteiger partial charge in [0, 0.05) is 49.7 Å². The maximum Gasteiger partial charge on any atom is 0.234 e. The molecule has 1 aromatic carbocycles. The minimum atomic E-state index is 0.0928. The quantitative estimate of drug-likeness (QED) is 0.595. The molecule has 0 aliphatic carbocycles. The fraction of sp³-hybridized carbons (Fsp3) is 0.621. The van der Waals surface area contributed by atoms with E-state index in [2.05, 4.69) is 49.5 Å². The van der Waals surface area contributed by atoms with Crippen LogP contribution in [0, 0.1) is 5.92 Å². The summed E-state index contributed by atoms with van der Waals surface area (Å²) in [5.41, 5.74) is 2.30. The van der Waals surface area contributed by atoms with Crippen LogP contribution in [0.1, 0.15) is 62.6 Å². The van der Waals surface area contributed by atoms with E-state index in [1.165, 1.54) is 18.4 Å². The first kappa shape index (κ1) is 26.7. The van der Waals surface area contributed by atoms with Crippen molar-refractivity contribution in [3.8, 4) is 11.5 Å². The summed E-state index contributed by atoms with van der Waals surface area (Å²) in [6, 6.07) is 7.29. The second-order valence-electron chi connectivity index (χ2n) is 10.8. The number of fused-ring (bicyclic) bond motifs is 8. The van der Waals surface area contributed by atoms with Gasteiger partial charge >= 0.3 is 0 Å². The smallest absolute Gasteiger partial charge is 0.234 e. The zero-order valence-electron chi connectivity index (χ0n) is 22.8. The summed E-state index contributed by atoms with van der Waals surface area (Å²) in [6.07, 6.45) is 10.0. The van der Waals surface area contributed by atoms with Gasteiger partial charge < -0.3 is 20.1 Å². The molecule has 3 atom stereocenters. The summed E-state index contributed by atoms with van der Waals surface area (Å²) < 4.78 is 11.8. The van der Waals surface area contributed by atoms with Gasteiger partial charge in [-0.3, -0.25) is 14.6 Å². The van der Waals surface area contributed by atoms with Crippen LogP contribution in [0.4, 0.5) is 5.95 Å². The molecule has 9 heteroatoms. The van der Waals surface area contributed by atoms with Crippen LogP contribution in [0.5, 0.6) is 11.5 Å². The molecule has 3 unspecified atom stereocenters. The van der Waals surface area contributed by atoms with E-state index in [4.69, 9.17) is 9.47 Å². The van der Waals surface area contributed by atoms with Gasteiger partial charge in [-0.25, -0.2) is 9.97 Å². The molecule has 3 aliphatic heterocycles. The van der Waals surface area contributed by atoms with Gasteiger partial charge in [0.25, 0.3) is 0 Å². The molecule has 2 aromatic rings. The average Bonchev–Trinajstić information content (AvgIpc) is 3.54. The SMILES string of the molecule is CCCNc1ncc(CN2CCCCOc3cc(ccc3OC)C3CC(CNC(=O)C2)C2CCCN32)cn1. The Morgan fingerprint density at radius 1 is 1.18 bits per heavy atom. The predicted molar refractivity (Wildman–Crippen MR) is 147 cm³/mol. The Kier molecular flexibility index (Phi) is 8.96. The van der Waals surface area contributed by atoms with Gasteiger partial charge in [-0.1, -0.05) is 13.0 Å². The largest absolute Gasteiger partial charge is 0.493 e. The number of aromatic nitrogens is 2. The van der Waals surface area contributed by atoms with Crippen molar-refractivity contribution in [2.45, 2.75) is 64.1 Å². The third-order valence-corrected chi connectivity index (χ3v) is 8.08. The van der Waals surface area contributed by atoms with Crippen molar-refractivity contribution >= 4 is 11.9 Å². The van der Waals surface area contributed by atoms with Crippen molar-refractivity contribution in [2.75, 3.05) is 51.8 Å². The molecule has 0 saturated carbocycles. The number of carbonyl (C=O) groups excluding carboxylic acids is 1. The van der Waals surface area contributed by atoms with Crippen LogP contribution in [-0.2, 0) is 11.3 Å². The number of nitrogens with zero attached hydrogens (tertiary/aromatic N) is 4. The molecule has 3 aliphatic rings. The van der Waals surface area contributed by atoms with Crippen molar-refractivity contribution < 1.29 is 14.3 Å². The monoisotopic (exact) mass is 522 g/mol. The zero-order chi connectivity index (χ0) is 26.3. The van der Waals surface area contributed by atoms with Gasteiger partial charge in [0.05, 0.1) is 20.3 Å². The molecule has 1 aromatic heterocycles. The van der Waals surface area contributed by atoms with Crippen molar-refractivity contribution in [3.05, 3.63) is 41.7 Å². The number of hydrogen-bond donors (Lipinski definition) is 2. The minimum Gasteiger partial charge on any atom is -0.493 e. The van der Waals surface area contributed by atoms with Crippen molar-refractivity contribution in [1.29, 1.82) is 0 Å². The molecule has 0 spiro atoms. The lowest BCUT2D eigenvalue weighted by atomic mass is 9.94. The maximum atomic E-state index is 13.1. The third kappa shape index (κ3) is 6.38. The van der Waals surface area contributed by atoms with Crippen LogP contribution in [0.3, 0.4) is 0 Å². The van der Waals surface area contributed by atoms with Crippen LogP contribution >= 0.6 is 0 Å². The first-order chi connectivity index (χ1) is 18.6. The Bertz CT molecular complexity index is 1060. The molecule has 2 N–H and O–H groups in total. The number of nitrogens with one attached hydrogen (secondary N) is 2. The van der Waals surface area contributed by atoms with Crippen molar-refractivity contribution in [2.24, 2.45) is 5.92 Å². The van der Waals surface area contributed by atoms with Crippen LogP contribution < -0.4 is 20.1 Å². The van der Waals surface area contributed by atoms with Gasteiger partial charge in [0.1, 0.15) is 0 Å². The summed E-state index contributed by atoms with van der Waals surface area (Å²) in [6.45, 7) is 7.23. The van der Waals surface area contributed by atoms with Crippen molar-refractivity contribution in [1.82, 2.24) is 25.1 Å². The Morgan fingerprint density at radius 2 is 2.05 bits per heavy atom. The molecule has 1 amide bonds. The average molecular weight is 523 g/mol. The van der Waals surface area contributed by atoms with E-state index < -0.39 is 0 Å². The molecule has 2 saturated heterocycles. The fourth-order valence-electron chi connectivity index (χ4n) is 6.21. The summed E-state index contributed by atoms with van der Waals surface area (Å²) in [4.78, 5) is 26.8.